The number of rotatable bonds is 8. The van der Waals surface area contributed by atoms with Crippen molar-refractivity contribution in [3.05, 3.63) is 28.8 Å². The Hall–Kier alpha value is -3.02. The van der Waals surface area contributed by atoms with Crippen LogP contribution in [0, 0.1) is 25.7 Å². The average molecular weight is 668 g/mol. The number of amides is 2. The largest absolute Gasteiger partial charge is 0.497 e. The summed E-state index contributed by atoms with van der Waals surface area (Å²) >= 11 is 0. The maximum atomic E-state index is 13.4. The minimum absolute atomic E-state index is 0.0794. The molecule has 4 aliphatic rings. The van der Waals surface area contributed by atoms with E-state index in [9.17, 15) is 22.8 Å². The molecular formula is C35H52F3N3O6. The van der Waals surface area contributed by atoms with Gasteiger partial charge in [0.15, 0.2) is 0 Å². The van der Waals surface area contributed by atoms with E-state index in [4.69, 9.17) is 19.4 Å². The number of carboxylic acid groups (broad SMARTS) is 1. The van der Waals surface area contributed by atoms with E-state index in [-0.39, 0.29) is 17.6 Å². The quantitative estimate of drug-likeness (QED) is 0.324. The summed E-state index contributed by atoms with van der Waals surface area (Å²) in [6.45, 7) is 11.4. The molecule has 3 saturated heterocycles. The molecule has 0 radical (unpaired) electrons. The zero-order valence-corrected chi connectivity index (χ0v) is 28.4. The second kappa shape index (κ2) is 15.9. The lowest BCUT2D eigenvalue weighted by atomic mass is 9.76. The summed E-state index contributed by atoms with van der Waals surface area (Å²) in [4.78, 5) is 41.9. The van der Waals surface area contributed by atoms with E-state index in [0.29, 0.717) is 12.0 Å². The molecule has 2 unspecified atom stereocenters. The molecule has 0 bridgehead atoms. The Morgan fingerprint density at radius 3 is 2.11 bits per heavy atom. The van der Waals surface area contributed by atoms with Crippen LogP contribution in [0.2, 0.25) is 0 Å². The first-order valence-corrected chi connectivity index (χ1v) is 17.2. The van der Waals surface area contributed by atoms with Crippen molar-refractivity contribution in [1.29, 1.82) is 0 Å². The Morgan fingerprint density at radius 1 is 1.00 bits per heavy atom. The molecule has 1 aromatic rings. The Kier molecular flexibility index (Phi) is 12.5. The molecule has 1 N–H and O–H groups in total. The first-order valence-electron chi connectivity index (χ1n) is 17.2. The van der Waals surface area contributed by atoms with Crippen molar-refractivity contribution in [1.82, 2.24) is 14.7 Å². The summed E-state index contributed by atoms with van der Waals surface area (Å²) in [7, 11) is 1.66. The maximum Gasteiger partial charge on any atom is 0.490 e. The van der Waals surface area contributed by atoms with Crippen molar-refractivity contribution >= 4 is 18.0 Å². The summed E-state index contributed by atoms with van der Waals surface area (Å²) in [5.74, 6) is -0.403. The second-order valence-corrected chi connectivity index (χ2v) is 13.9. The number of benzene rings is 1. The van der Waals surface area contributed by atoms with E-state index >= 15 is 0 Å². The van der Waals surface area contributed by atoms with Crippen LogP contribution >= 0.6 is 0 Å². The molecule has 4 fully saturated rings. The molecule has 1 spiro atoms. The van der Waals surface area contributed by atoms with Gasteiger partial charge in [-0.15, -0.1) is 0 Å². The van der Waals surface area contributed by atoms with Crippen LogP contribution < -0.4 is 4.74 Å². The number of unbranched alkanes of at least 4 members (excludes halogenated alkanes) is 1. The van der Waals surface area contributed by atoms with E-state index in [0.717, 1.165) is 93.3 Å². The van der Waals surface area contributed by atoms with Crippen molar-refractivity contribution in [3.8, 4) is 5.75 Å². The topological polar surface area (TPSA) is 99.6 Å². The average Bonchev–Trinajstić information content (AvgIpc) is 3.33. The number of carbonyl (C=O) groups excluding carboxylic acids is 2. The molecule has 2 amide bonds. The molecule has 5 rings (SSSR count). The molecule has 9 nitrogen and oxygen atoms in total. The van der Waals surface area contributed by atoms with E-state index in [1.54, 1.807) is 7.11 Å². The number of hydrogen-bond acceptors (Lipinski definition) is 6. The number of nitrogens with zero attached hydrogens (tertiary/aromatic N) is 3. The standard InChI is InChI=1S/C33H51N3O4.C2HF3O2/c1-5-6-9-26-10-7-8-11-27(26)22-36-23-33(40-32(36)38)14-18-34(19-15-33)28-12-16-35(17-13-28)31(37)30-24(2)20-29(39-4)21-25(30)3;3-2(4,5)1(6)7/h20-21,26-28H,5-19,22-23H2,1-4H3;(H,6,7). The van der Waals surface area contributed by atoms with E-state index < -0.39 is 12.1 Å². The number of aliphatic carboxylic acids is 1. The van der Waals surface area contributed by atoms with Crippen LogP contribution in [0.15, 0.2) is 12.1 Å². The monoisotopic (exact) mass is 667 g/mol. The van der Waals surface area contributed by atoms with Gasteiger partial charge in [0.05, 0.1) is 13.7 Å². The number of piperidine rings is 2. The van der Waals surface area contributed by atoms with Gasteiger partial charge in [0.25, 0.3) is 5.91 Å². The highest BCUT2D eigenvalue weighted by molar-refractivity contribution is 5.97. The van der Waals surface area contributed by atoms with E-state index in [1.165, 1.54) is 44.9 Å². The SMILES string of the molecule is CCCCC1CCCCC1CN1CC2(CCN(C3CCN(C(=O)c4c(C)cc(OC)cc4C)CC3)CC2)OC1=O.O=C(O)C(F)(F)F. The summed E-state index contributed by atoms with van der Waals surface area (Å²) in [6.07, 6.45) is 7.80. The fourth-order valence-electron chi connectivity index (χ4n) is 8.02. The number of likely N-dealkylation sites (tertiary alicyclic amines) is 2. The predicted octanol–water partition coefficient (Wildman–Crippen LogP) is 6.83. The third kappa shape index (κ3) is 9.32. The third-order valence-electron chi connectivity index (χ3n) is 10.7. The first kappa shape index (κ1) is 36.8. The van der Waals surface area contributed by atoms with Crippen LogP contribution in [-0.2, 0) is 9.53 Å². The van der Waals surface area contributed by atoms with Crippen molar-refractivity contribution in [2.24, 2.45) is 11.8 Å². The third-order valence-corrected chi connectivity index (χ3v) is 10.7. The van der Waals surface area contributed by atoms with E-state index in [1.807, 2.05) is 30.9 Å². The summed E-state index contributed by atoms with van der Waals surface area (Å²) in [5.41, 5.74) is 2.47. The minimum atomic E-state index is -5.08. The Balaban J connectivity index is 0.000000644. The molecule has 0 aromatic heterocycles. The second-order valence-electron chi connectivity index (χ2n) is 13.9. The molecular weight excluding hydrogens is 615 g/mol. The predicted molar refractivity (Wildman–Crippen MR) is 172 cm³/mol. The Labute approximate surface area is 276 Å². The van der Waals surface area contributed by atoms with Crippen molar-refractivity contribution in [3.63, 3.8) is 0 Å². The smallest absolute Gasteiger partial charge is 0.490 e. The zero-order chi connectivity index (χ0) is 34.4. The highest BCUT2D eigenvalue weighted by atomic mass is 19.4. The fourth-order valence-corrected chi connectivity index (χ4v) is 8.02. The van der Waals surface area contributed by atoms with Gasteiger partial charge < -0.3 is 24.4 Å². The molecule has 1 aliphatic carbocycles. The molecule has 1 saturated carbocycles. The van der Waals surface area contributed by atoms with Crippen molar-refractivity contribution in [2.75, 3.05) is 46.4 Å². The van der Waals surface area contributed by atoms with Gasteiger partial charge >= 0.3 is 18.2 Å². The minimum Gasteiger partial charge on any atom is -0.497 e. The maximum absolute atomic E-state index is 13.4. The van der Waals surface area contributed by atoms with Gasteiger partial charge in [-0.1, -0.05) is 45.4 Å². The molecule has 47 heavy (non-hydrogen) atoms. The first-order chi connectivity index (χ1) is 22.3. The number of alkyl halides is 3. The summed E-state index contributed by atoms with van der Waals surface area (Å²) in [5, 5.41) is 7.12. The number of ether oxygens (including phenoxy) is 2. The van der Waals surface area contributed by atoms with Gasteiger partial charge in [-0.05, 0) is 68.2 Å². The van der Waals surface area contributed by atoms with Crippen LogP contribution in [-0.4, -0.2) is 102 Å². The van der Waals surface area contributed by atoms with Crippen molar-refractivity contribution in [2.45, 2.75) is 109 Å². The van der Waals surface area contributed by atoms with Gasteiger partial charge in [0.2, 0.25) is 0 Å². The lowest BCUT2D eigenvalue weighted by Gasteiger charge is -2.44. The van der Waals surface area contributed by atoms with Gasteiger partial charge in [-0.3, -0.25) is 9.69 Å². The highest BCUT2D eigenvalue weighted by Crippen LogP contribution is 2.39. The number of carbonyl (C=O) groups is 3. The number of halogens is 3. The molecule has 264 valence electrons. The number of aryl methyl sites for hydroxylation is 2. The van der Waals surface area contributed by atoms with Gasteiger partial charge in [-0.25, -0.2) is 9.59 Å². The fraction of sp³-hybridized carbons (Fsp3) is 0.743. The Morgan fingerprint density at radius 2 is 1.57 bits per heavy atom. The van der Waals surface area contributed by atoms with Gasteiger partial charge in [0.1, 0.15) is 11.4 Å². The van der Waals surface area contributed by atoms with Crippen LogP contribution in [0.5, 0.6) is 5.75 Å². The lowest BCUT2D eigenvalue weighted by molar-refractivity contribution is -0.192. The lowest BCUT2D eigenvalue weighted by Crippen LogP contribution is -2.53. The summed E-state index contributed by atoms with van der Waals surface area (Å²) < 4.78 is 43.2. The zero-order valence-electron chi connectivity index (χ0n) is 28.4. The molecule has 12 heteroatoms. The number of carboxylic acids is 1. The number of hydrogen-bond donors (Lipinski definition) is 1. The van der Waals surface area contributed by atoms with Crippen LogP contribution in [0.1, 0.15) is 99.0 Å². The van der Waals surface area contributed by atoms with Crippen LogP contribution in [0.25, 0.3) is 0 Å². The van der Waals surface area contributed by atoms with Crippen LogP contribution in [0.3, 0.4) is 0 Å². The van der Waals surface area contributed by atoms with Crippen LogP contribution in [0.4, 0.5) is 18.0 Å². The number of methoxy groups -OCH3 is 1. The molecule has 1 aromatic carbocycles. The molecule has 3 heterocycles. The highest BCUT2D eigenvalue weighted by Gasteiger charge is 2.48. The van der Waals surface area contributed by atoms with E-state index in [2.05, 4.69) is 16.7 Å². The van der Waals surface area contributed by atoms with Gasteiger partial charge in [0, 0.05) is 57.2 Å². The molecule has 2 atom stereocenters. The summed E-state index contributed by atoms with van der Waals surface area (Å²) in [6, 6.07) is 4.40. The molecule has 3 aliphatic heterocycles. The van der Waals surface area contributed by atoms with Crippen molar-refractivity contribution < 1.29 is 42.1 Å². The van der Waals surface area contributed by atoms with Gasteiger partial charge in [-0.2, -0.15) is 13.2 Å². The Bertz CT molecular complexity index is 1220. The normalized spacial score (nSPS) is 23.7.